The van der Waals surface area contributed by atoms with Gasteiger partial charge in [-0.1, -0.05) is 0 Å². The molecular formula is C14H9BrF2N2. The van der Waals surface area contributed by atoms with Crippen molar-refractivity contribution in [3.63, 3.8) is 0 Å². The first-order valence-electron chi connectivity index (χ1n) is 5.65. The third-order valence-electron chi connectivity index (χ3n) is 2.92. The molecular weight excluding hydrogens is 314 g/mol. The van der Waals surface area contributed by atoms with Crippen LogP contribution in [0.25, 0.3) is 16.9 Å². The van der Waals surface area contributed by atoms with E-state index in [4.69, 9.17) is 0 Å². The Bertz CT molecular complexity index is 780. The fraction of sp³-hybridized carbons (Fsp3) is 0.0714. The van der Waals surface area contributed by atoms with Crippen LogP contribution >= 0.6 is 15.9 Å². The maximum absolute atomic E-state index is 13.2. The highest BCUT2D eigenvalue weighted by atomic mass is 79.9. The average molecular weight is 323 g/mol. The number of aromatic nitrogens is 2. The molecule has 96 valence electrons. The van der Waals surface area contributed by atoms with Gasteiger partial charge in [-0.05, 0) is 52.7 Å². The minimum atomic E-state index is -0.868. The summed E-state index contributed by atoms with van der Waals surface area (Å²) in [4.78, 5) is 4.45. The van der Waals surface area contributed by atoms with Gasteiger partial charge in [0.15, 0.2) is 11.6 Å². The van der Waals surface area contributed by atoms with Crippen LogP contribution in [0, 0.1) is 18.6 Å². The topological polar surface area (TPSA) is 17.3 Å². The van der Waals surface area contributed by atoms with Crippen molar-refractivity contribution >= 4 is 21.6 Å². The van der Waals surface area contributed by atoms with Gasteiger partial charge < -0.3 is 4.40 Å². The lowest BCUT2D eigenvalue weighted by molar-refractivity contribution is 0.509. The van der Waals surface area contributed by atoms with Crippen LogP contribution in [0.5, 0.6) is 0 Å². The van der Waals surface area contributed by atoms with Crippen LogP contribution in [0.2, 0.25) is 0 Å². The molecule has 0 spiro atoms. The molecule has 0 saturated carbocycles. The van der Waals surface area contributed by atoms with E-state index in [9.17, 15) is 8.78 Å². The number of aryl methyl sites for hydroxylation is 1. The van der Waals surface area contributed by atoms with E-state index in [2.05, 4.69) is 20.9 Å². The van der Waals surface area contributed by atoms with E-state index in [-0.39, 0.29) is 0 Å². The quantitative estimate of drug-likeness (QED) is 0.651. The molecule has 3 aromatic rings. The number of rotatable bonds is 1. The Balaban J connectivity index is 2.20. The summed E-state index contributed by atoms with van der Waals surface area (Å²) in [5.41, 5.74) is 2.96. The molecule has 0 bridgehead atoms. The van der Waals surface area contributed by atoms with Crippen molar-refractivity contribution < 1.29 is 8.78 Å². The van der Waals surface area contributed by atoms with E-state index in [1.54, 1.807) is 6.20 Å². The highest BCUT2D eigenvalue weighted by Gasteiger charge is 2.09. The van der Waals surface area contributed by atoms with Crippen molar-refractivity contribution in [2.45, 2.75) is 6.92 Å². The second-order valence-electron chi connectivity index (χ2n) is 4.33. The zero-order valence-corrected chi connectivity index (χ0v) is 11.6. The molecule has 0 unspecified atom stereocenters. The number of pyridine rings is 1. The third kappa shape index (κ3) is 2.14. The summed E-state index contributed by atoms with van der Waals surface area (Å²) in [6.45, 7) is 1.95. The second kappa shape index (κ2) is 4.42. The van der Waals surface area contributed by atoms with Gasteiger partial charge in [-0.15, -0.1) is 0 Å². The first-order chi connectivity index (χ1) is 9.04. The predicted octanol–water partition coefficient (Wildman–Crippen LogP) is 4.35. The van der Waals surface area contributed by atoms with Gasteiger partial charge in [-0.3, -0.25) is 0 Å². The minimum Gasteiger partial charge on any atom is -0.305 e. The lowest BCUT2D eigenvalue weighted by Crippen LogP contribution is -1.86. The predicted molar refractivity (Wildman–Crippen MR) is 73.0 cm³/mol. The van der Waals surface area contributed by atoms with Crippen molar-refractivity contribution in [2.75, 3.05) is 0 Å². The van der Waals surface area contributed by atoms with Crippen LogP contribution in [-0.4, -0.2) is 9.38 Å². The Morgan fingerprint density at radius 3 is 2.63 bits per heavy atom. The molecule has 0 N–H and O–H groups in total. The van der Waals surface area contributed by atoms with Crippen molar-refractivity contribution in [3.8, 4) is 11.3 Å². The smallest absolute Gasteiger partial charge is 0.159 e. The fourth-order valence-electron chi connectivity index (χ4n) is 2.02. The van der Waals surface area contributed by atoms with Crippen LogP contribution < -0.4 is 0 Å². The highest BCUT2D eigenvalue weighted by molar-refractivity contribution is 9.10. The fourth-order valence-corrected chi connectivity index (χ4v) is 2.58. The molecule has 0 fully saturated rings. The van der Waals surface area contributed by atoms with E-state index in [1.165, 1.54) is 6.07 Å². The second-order valence-corrected chi connectivity index (χ2v) is 5.24. The zero-order valence-electron chi connectivity index (χ0n) is 9.99. The van der Waals surface area contributed by atoms with Crippen LogP contribution in [0.1, 0.15) is 5.56 Å². The first-order valence-corrected chi connectivity index (χ1v) is 6.44. The van der Waals surface area contributed by atoms with E-state index in [1.807, 2.05) is 23.6 Å². The van der Waals surface area contributed by atoms with E-state index in [0.29, 0.717) is 11.3 Å². The molecule has 3 rings (SSSR count). The maximum atomic E-state index is 13.2. The summed E-state index contributed by atoms with van der Waals surface area (Å²) < 4.78 is 29.0. The van der Waals surface area contributed by atoms with Crippen molar-refractivity contribution in [1.29, 1.82) is 0 Å². The molecule has 2 nitrogen and oxygen atoms in total. The molecule has 2 aromatic heterocycles. The molecule has 0 aliphatic heterocycles. The van der Waals surface area contributed by atoms with Gasteiger partial charge in [0.2, 0.25) is 0 Å². The SMILES string of the molecule is Cc1cc(Br)cn2cc(-c3ccc(F)c(F)c3)nc12. The monoisotopic (exact) mass is 322 g/mol. The summed E-state index contributed by atoms with van der Waals surface area (Å²) in [5.74, 6) is -1.72. The van der Waals surface area contributed by atoms with E-state index in [0.717, 1.165) is 27.8 Å². The molecule has 0 radical (unpaired) electrons. The maximum Gasteiger partial charge on any atom is 0.159 e. The standard InChI is InChI=1S/C14H9BrF2N2/c1-8-4-10(15)6-19-7-13(18-14(8)19)9-2-3-11(16)12(17)5-9/h2-7H,1H3. The van der Waals surface area contributed by atoms with Crippen LogP contribution in [-0.2, 0) is 0 Å². The van der Waals surface area contributed by atoms with Crippen LogP contribution in [0.4, 0.5) is 8.78 Å². The Hall–Kier alpha value is -1.75. The first kappa shape index (κ1) is 12.3. The van der Waals surface area contributed by atoms with Gasteiger partial charge in [-0.25, -0.2) is 13.8 Å². The van der Waals surface area contributed by atoms with Crippen molar-refractivity contribution in [1.82, 2.24) is 9.38 Å². The number of nitrogens with zero attached hydrogens (tertiary/aromatic N) is 2. The number of hydrogen-bond donors (Lipinski definition) is 0. The Morgan fingerprint density at radius 2 is 1.89 bits per heavy atom. The van der Waals surface area contributed by atoms with Crippen molar-refractivity contribution in [3.05, 3.63) is 58.3 Å². The molecule has 0 aliphatic rings. The molecule has 0 amide bonds. The molecule has 0 atom stereocenters. The summed E-state index contributed by atoms with van der Waals surface area (Å²) >= 11 is 3.41. The number of halogens is 3. The average Bonchev–Trinajstić information content (AvgIpc) is 2.76. The summed E-state index contributed by atoms with van der Waals surface area (Å²) in [7, 11) is 0. The molecule has 0 saturated heterocycles. The summed E-state index contributed by atoms with van der Waals surface area (Å²) in [6.07, 6.45) is 3.67. The van der Waals surface area contributed by atoms with E-state index < -0.39 is 11.6 Å². The van der Waals surface area contributed by atoms with Crippen LogP contribution in [0.3, 0.4) is 0 Å². The summed E-state index contributed by atoms with van der Waals surface area (Å²) in [5, 5.41) is 0. The number of benzene rings is 1. The largest absolute Gasteiger partial charge is 0.305 e. The third-order valence-corrected chi connectivity index (χ3v) is 3.35. The van der Waals surface area contributed by atoms with Gasteiger partial charge in [0, 0.05) is 22.4 Å². The van der Waals surface area contributed by atoms with Gasteiger partial charge in [-0.2, -0.15) is 0 Å². The van der Waals surface area contributed by atoms with Crippen LogP contribution in [0.15, 0.2) is 41.1 Å². The van der Waals surface area contributed by atoms with Crippen molar-refractivity contribution in [2.24, 2.45) is 0 Å². The molecule has 0 aliphatic carbocycles. The van der Waals surface area contributed by atoms with Gasteiger partial charge in [0.1, 0.15) is 5.65 Å². The summed E-state index contributed by atoms with van der Waals surface area (Å²) in [6, 6.07) is 5.74. The van der Waals surface area contributed by atoms with Gasteiger partial charge in [0.25, 0.3) is 0 Å². The molecule has 1 aromatic carbocycles. The minimum absolute atomic E-state index is 0.554. The Morgan fingerprint density at radius 1 is 1.11 bits per heavy atom. The van der Waals surface area contributed by atoms with E-state index >= 15 is 0 Å². The Kier molecular flexibility index (Phi) is 2.86. The van der Waals surface area contributed by atoms with Gasteiger partial charge >= 0.3 is 0 Å². The Labute approximate surface area is 116 Å². The number of imidazole rings is 1. The number of hydrogen-bond acceptors (Lipinski definition) is 1. The number of fused-ring (bicyclic) bond motifs is 1. The molecule has 5 heteroatoms. The lowest BCUT2D eigenvalue weighted by atomic mass is 10.1. The molecule has 19 heavy (non-hydrogen) atoms. The van der Waals surface area contributed by atoms with Gasteiger partial charge in [0.05, 0.1) is 5.69 Å². The lowest BCUT2D eigenvalue weighted by Gasteiger charge is -1.97. The normalized spacial score (nSPS) is 11.2. The zero-order chi connectivity index (χ0) is 13.6. The molecule has 2 heterocycles. The highest BCUT2D eigenvalue weighted by Crippen LogP contribution is 2.24.